The Labute approximate surface area is 247 Å². The summed E-state index contributed by atoms with van der Waals surface area (Å²) in [5.41, 5.74) is 5.41. The highest BCUT2D eigenvalue weighted by molar-refractivity contribution is 5.73. The van der Waals surface area contributed by atoms with E-state index in [0.29, 0.717) is 30.9 Å². The van der Waals surface area contributed by atoms with E-state index >= 15 is 0 Å². The number of nitrogens with zero attached hydrogens (tertiary/aromatic N) is 4. The fourth-order valence-electron chi connectivity index (χ4n) is 4.59. The predicted octanol–water partition coefficient (Wildman–Crippen LogP) is 5.22. The van der Waals surface area contributed by atoms with Gasteiger partial charge in [0.1, 0.15) is 5.82 Å². The summed E-state index contributed by atoms with van der Waals surface area (Å²) < 4.78 is 39.4. The summed E-state index contributed by atoms with van der Waals surface area (Å²) in [5.74, 6) is -2.10. The van der Waals surface area contributed by atoms with Crippen molar-refractivity contribution in [2.75, 3.05) is 18.5 Å². The van der Waals surface area contributed by atoms with Gasteiger partial charge in [-0.2, -0.15) is 23.5 Å². The highest BCUT2D eigenvalue weighted by Crippen LogP contribution is 2.29. The molecule has 3 N–H and O–H groups in total. The molecule has 0 radical (unpaired) electrons. The summed E-state index contributed by atoms with van der Waals surface area (Å²) in [6.45, 7) is 5.54. The van der Waals surface area contributed by atoms with Crippen LogP contribution >= 0.6 is 0 Å². The summed E-state index contributed by atoms with van der Waals surface area (Å²) in [6, 6.07) is 13.9. The Morgan fingerprint density at radius 2 is 1.84 bits per heavy atom. The molecule has 3 heterocycles. The Kier molecular flexibility index (Phi) is 11.1. The van der Waals surface area contributed by atoms with Crippen LogP contribution in [0.5, 0.6) is 5.88 Å². The van der Waals surface area contributed by atoms with Crippen LogP contribution in [0.15, 0.2) is 36.4 Å². The Balaban J connectivity index is 0.000000646. The lowest BCUT2D eigenvalue weighted by Gasteiger charge is -2.17. The van der Waals surface area contributed by atoms with Gasteiger partial charge in [-0.15, -0.1) is 0 Å². The number of halogens is 3. The molecule has 43 heavy (non-hydrogen) atoms. The molecule has 1 atom stereocenters. The van der Waals surface area contributed by atoms with Crippen molar-refractivity contribution in [1.82, 2.24) is 14.8 Å². The molecule has 3 aromatic rings. The van der Waals surface area contributed by atoms with Crippen LogP contribution in [0.4, 0.5) is 19.0 Å². The maximum atomic E-state index is 11.7. The van der Waals surface area contributed by atoms with Crippen LogP contribution in [0, 0.1) is 11.3 Å². The Morgan fingerprint density at radius 3 is 2.47 bits per heavy atom. The van der Waals surface area contributed by atoms with Crippen LogP contribution in [-0.2, 0) is 35.9 Å². The van der Waals surface area contributed by atoms with E-state index in [4.69, 9.17) is 19.6 Å². The van der Waals surface area contributed by atoms with Crippen molar-refractivity contribution in [2.24, 2.45) is 7.05 Å². The maximum Gasteiger partial charge on any atom is 0.490 e. The number of anilines is 1. The van der Waals surface area contributed by atoms with Gasteiger partial charge >= 0.3 is 18.1 Å². The van der Waals surface area contributed by atoms with E-state index in [1.54, 1.807) is 10.7 Å². The number of aryl methyl sites for hydroxylation is 2. The molecular weight excluding hydrogens is 567 g/mol. The monoisotopic (exact) mass is 601 g/mol. The summed E-state index contributed by atoms with van der Waals surface area (Å²) in [6.07, 6.45) is -1.82. The van der Waals surface area contributed by atoms with Crippen molar-refractivity contribution >= 4 is 17.8 Å². The molecule has 0 amide bonds. The number of alkyl halides is 3. The first kappa shape index (κ1) is 32.9. The maximum absolute atomic E-state index is 11.7. The number of hydrogen-bond acceptors (Lipinski definition) is 7. The largest absolute Gasteiger partial charge is 0.490 e. The van der Waals surface area contributed by atoms with E-state index in [1.165, 1.54) is 5.56 Å². The average Bonchev–Trinajstić information content (AvgIpc) is 3.30. The first-order chi connectivity index (χ1) is 20.3. The highest BCUT2D eigenvalue weighted by atomic mass is 19.4. The number of carboxylic acid groups (broad SMARTS) is 2. The number of ether oxygens (including phenoxy) is 1. The van der Waals surface area contributed by atoms with Crippen molar-refractivity contribution in [3.8, 4) is 11.9 Å². The molecule has 1 aromatic carbocycles. The molecule has 0 bridgehead atoms. The molecule has 0 saturated carbocycles. The standard InChI is InChI=1S/C28H33N5O3.C2HF3O2/c1-18(2)21-11-19(17-29)12-22(13-21)23(15-27(34)35)14-25-16-26(33(3)32-25)36-10-8-24-7-6-20-5-4-9-30-28(20)31-24;3-2(4,5)1(6)7/h6-7,11-13,16,18,23H,4-5,8-10,14-15H2,1-3H3,(H,30,31)(H,34,35);(H,6,7). The molecule has 1 unspecified atom stereocenters. The Morgan fingerprint density at radius 1 is 1.14 bits per heavy atom. The van der Waals surface area contributed by atoms with Gasteiger partial charge in [0.05, 0.1) is 30.4 Å². The Bertz CT molecular complexity index is 1480. The lowest BCUT2D eigenvalue weighted by atomic mass is 9.87. The topological polar surface area (TPSA) is 150 Å². The van der Waals surface area contributed by atoms with Gasteiger partial charge in [0.2, 0.25) is 5.88 Å². The minimum Gasteiger partial charge on any atom is -0.481 e. The molecule has 0 aliphatic carbocycles. The number of nitrogens with one attached hydrogen (secondary N) is 1. The molecule has 0 saturated heterocycles. The highest BCUT2D eigenvalue weighted by Gasteiger charge is 2.38. The van der Waals surface area contributed by atoms with E-state index < -0.39 is 18.1 Å². The van der Waals surface area contributed by atoms with Gasteiger partial charge in [-0.05, 0) is 66.0 Å². The van der Waals surface area contributed by atoms with Crippen LogP contribution in [0.2, 0.25) is 0 Å². The van der Waals surface area contributed by atoms with Crippen molar-refractivity contribution < 1.29 is 37.7 Å². The second-order valence-corrected chi connectivity index (χ2v) is 10.5. The molecule has 1 aliphatic heterocycles. The average molecular weight is 602 g/mol. The normalized spacial score (nSPS) is 13.2. The number of rotatable bonds is 10. The summed E-state index contributed by atoms with van der Waals surface area (Å²) in [5, 5.41) is 34.1. The summed E-state index contributed by atoms with van der Waals surface area (Å²) in [4.78, 5) is 25.3. The zero-order valence-electron chi connectivity index (χ0n) is 24.1. The SMILES string of the molecule is CC(C)c1cc(C#N)cc(C(CC(=O)O)Cc2cc(OCCc3ccc4c(n3)NCCC4)n(C)n2)c1.O=C(O)C(F)(F)F. The predicted molar refractivity (Wildman–Crippen MR) is 151 cm³/mol. The fourth-order valence-corrected chi connectivity index (χ4v) is 4.59. The number of carboxylic acids is 2. The third-order valence-corrected chi connectivity index (χ3v) is 6.81. The Hall–Kier alpha value is -4.60. The number of nitriles is 1. The van der Waals surface area contributed by atoms with Crippen molar-refractivity contribution in [3.05, 3.63) is 70.0 Å². The number of aliphatic carboxylic acids is 2. The zero-order valence-corrected chi connectivity index (χ0v) is 24.1. The molecule has 0 fully saturated rings. The van der Waals surface area contributed by atoms with Crippen LogP contribution in [0.25, 0.3) is 0 Å². The number of hydrogen-bond donors (Lipinski definition) is 3. The summed E-state index contributed by atoms with van der Waals surface area (Å²) in [7, 11) is 1.82. The van der Waals surface area contributed by atoms with E-state index in [2.05, 4.69) is 42.5 Å². The minimum atomic E-state index is -5.08. The molecule has 0 spiro atoms. The quantitative estimate of drug-likeness (QED) is 0.284. The smallest absolute Gasteiger partial charge is 0.481 e. The van der Waals surface area contributed by atoms with Crippen molar-refractivity contribution in [2.45, 2.75) is 64.0 Å². The first-order valence-electron chi connectivity index (χ1n) is 13.7. The van der Waals surface area contributed by atoms with Gasteiger partial charge in [-0.25, -0.2) is 14.5 Å². The molecule has 10 nitrogen and oxygen atoms in total. The molecule has 13 heteroatoms. The first-order valence-corrected chi connectivity index (χ1v) is 13.7. The van der Waals surface area contributed by atoms with Gasteiger partial charge in [0.25, 0.3) is 0 Å². The van der Waals surface area contributed by atoms with Crippen LogP contribution in [-0.4, -0.2) is 56.2 Å². The zero-order chi connectivity index (χ0) is 31.7. The number of aromatic nitrogens is 3. The van der Waals surface area contributed by atoms with Crippen LogP contribution in [0.3, 0.4) is 0 Å². The van der Waals surface area contributed by atoms with E-state index in [9.17, 15) is 28.3 Å². The van der Waals surface area contributed by atoms with Gasteiger partial charge in [0.15, 0.2) is 0 Å². The molecule has 2 aromatic heterocycles. The number of benzene rings is 1. The van der Waals surface area contributed by atoms with Crippen LogP contribution < -0.4 is 10.1 Å². The lowest BCUT2D eigenvalue weighted by molar-refractivity contribution is -0.192. The number of pyridine rings is 1. The lowest BCUT2D eigenvalue weighted by Crippen LogP contribution is -2.21. The molecule has 1 aliphatic rings. The number of fused-ring (bicyclic) bond motifs is 1. The summed E-state index contributed by atoms with van der Waals surface area (Å²) >= 11 is 0. The van der Waals surface area contributed by atoms with E-state index in [-0.39, 0.29) is 18.3 Å². The van der Waals surface area contributed by atoms with Gasteiger partial charge < -0.3 is 20.3 Å². The molecule has 4 rings (SSSR count). The second-order valence-electron chi connectivity index (χ2n) is 10.5. The van der Waals surface area contributed by atoms with Gasteiger partial charge in [-0.3, -0.25) is 4.79 Å². The van der Waals surface area contributed by atoms with Gasteiger partial charge in [-0.1, -0.05) is 26.0 Å². The third kappa shape index (κ3) is 9.73. The fraction of sp³-hybridized carbons (Fsp3) is 0.433. The van der Waals surface area contributed by atoms with Crippen molar-refractivity contribution in [3.63, 3.8) is 0 Å². The van der Waals surface area contributed by atoms with Crippen molar-refractivity contribution in [1.29, 1.82) is 5.26 Å². The van der Waals surface area contributed by atoms with Crippen LogP contribution in [0.1, 0.15) is 72.2 Å². The van der Waals surface area contributed by atoms with E-state index in [1.807, 2.05) is 25.2 Å². The second kappa shape index (κ2) is 14.5. The van der Waals surface area contributed by atoms with Gasteiger partial charge in [0, 0.05) is 31.8 Å². The third-order valence-electron chi connectivity index (χ3n) is 6.81. The number of carbonyl (C=O) groups is 2. The van der Waals surface area contributed by atoms with E-state index in [0.717, 1.165) is 47.7 Å². The minimum absolute atomic E-state index is 0.0444. The molecule has 230 valence electrons. The molecular formula is C30H34F3N5O5.